The fraction of sp³-hybridized carbons (Fsp3) is 0.533. The van der Waals surface area contributed by atoms with Crippen molar-refractivity contribution in [3.8, 4) is 0 Å². The number of hydrogen-bond acceptors (Lipinski definition) is 2. The summed E-state index contributed by atoms with van der Waals surface area (Å²) in [7, 11) is 0. The molecule has 1 atom stereocenters. The van der Waals surface area contributed by atoms with Crippen LogP contribution in [0.4, 0.5) is 0 Å². The van der Waals surface area contributed by atoms with E-state index in [1.54, 1.807) is 0 Å². The van der Waals surface area contributed by atoms with Crippen molar-refractivity contribution >= 4 is 21.8 Å². The van der Waals surface area contributed by atoms with Gasteiger partial charge in [-0.1, -0.05) is 6.07 Å². The van der Waals surface area contributed by atoms with E-state index in [1.165, 1.54) is 0 Å². The SMILES string of the molecule is Cc1ccc(C(=O)NC2CCOC(C)(C)C2)c(Br)c1. The van der Waals surface area contributed by atoms with Crippen LogP contribution in [-0.4, -0.2) is 24.2 Å². The first kappa shape index (κ1) is 14.5. The molecule has 3 nitrogen and oxygen atoms in total. The molecule has 0 aromatic heterocycles. The minimum absolute atomic E-state index is 0.0189. The quantitative estimate of drug-likeness (QED) is 0.904. The molecule has 0 radical (unpaired) electrons. The molecule has 0 bridgehead atoms. The summed E-state index contributed by atoms with van der Waals surface area (Å²) < 4.78 is 6.51. The van der Waals surface area contributed by atoms with Crippen LogP contribution in [0.25, 0.3) is 0 Å². The predicted octanol–water partition coefficient (Wildman–Crippen LogP) is 3.44. The van der Waals surface area contributed by atoms with E-state index < -0.39 is 0 Å². The first-order chi connectivity index (χ1) is 8.87. The zero-order valence-corrected chi connectivity index (χ0v) is 13.2. The topological polar surface area (TPSA) is 38.3 Å². The molecule has 1 aliphatic heterocycles. The molecule has 1 aromatic rings. The normalized spacial score (nSPS) is 22.0. The van der Waals surface area contributed by atoms with Gasteiger partial charge in [0, 0.05) is 17.1 Å². The maximum Gasteiger partial charge on any atom is 0.252 e. The number of nitrogens with one attached hydrogen (secondary N) is 1. The molecule has 4 heteroatoms. The summed E-state index contributed by atoms with van der Waals surface area (Å²) in [6, 6.07) is 5.96. The van der Waals surface area contributed by atoms with E-state index in [0.29, 0.717) is 12.2 Å². The Balaban J connectivity index is 2.04. The third-order valence-electron chi connectivity index (χ3n) is 3.40. The number of amides is 1. The molecule has 1 saturated heterocycles. The molecule has 0 spiro atoms. The first-order valence-corrected chi connectivity index (χ1v) is 7.38. The second-order valence-electron chi connectivity index (χ2n) is 5.75. The standard InChI is InChI=1S/C15H20BrNO2/c1-10-4-5-12(13(16)8-10)14(18)17-11-6-7-19-15(2,3)9-11/h4-5,8,11H,6-7,9H2,1-3H3,(H,17,18). The Hall–Kier alpha value is -0.870. The first-order valence-electron chi connectivity index (χ1n) is 6.58. The van der Waals surface area contributed by atoms with Crippen LogP contribution in [-0.2, 0) is 4.74 Å². The van der Waals surface area contributed by atoms with Crippen molar-refractivity contribution in [1.29, 1.82) is 0 Å². The zero-order chi connectivity index (χ0) is 14.0. The second-order valence-corrected chi connectivity index (χ2v) is 6.61. The van der Waals surface area contributed by atoms with Gasteiger partial charge in [-0.15, -0.1) is 0 Å². The van der Waals surface area contributed by atoms with Crippen LogP contribution in [0.15, 0.2) is 22.7 Å². The van der Waals surface area contributed by atoms with Crippen molar-refractivity contribution in [3.63, 3.8) is 0 Å². The summed E-state index contributed by atoms with van der Waals surface area (Å²) >= 11 is 3.45. The van der Waals surface area contributed by atoms with E-state index in [9.17, 15) is 4.79 Å². The summed E-state index contributed by atoms with van der Waals surface area (Å²) in [6.45, 7) is 6.83. The number of hydrogen-bond donors (Lipinski definition) is 1. The molecular weight excluding hydrogens is 306 g/mol. The molecule has 0 aliphatic carbocycles. The lowest BCUT2D eigenvalue weighted by Gasteiger charge is -2.35. The molecular formula is C15H20BrNO2. The molecule has 1 aromatic carbocycles. The van der Waals surface area contributed by atoms with Gasteiger partial charge in [-0.05, 0) is 67.2 Å². The Morgan fingerprint density at radius 1 is 1.47 bits per heavy atom. The number of carbonyl (C=O) groups excluding carboxylic acids is 1. The average molecular weight is 326 g/mol. The summed E-state index contributed by atoms with van der Waals surface area (Å²) in [6.07, 6.45) is 1.72. The van der Waals surface area contributed by atoms with Crippen LogP contribution in [0.3, 0.4) is 0 Å². The van der Waals surface area contributed by atoms with Crippen LogP contribution in [0.1, 0.15) is 42.6 Å². The number of carbonyl (C=O) groups is 1. The number of rotatable bonds is 2. The highest BCUT2D eigenvalue weighted by Crippen LogP contribution is 2.25. The number of aryl methyl sites for hydroxylation is 1. The smallest absolute Gasteiger partial charge is 0.252 e. The van der Waals surface area contributed by atoms with Crippen molar-refractivity contribution in [2.75, 3.05) is 6.61 Å². The van der Waals surface area contributed by atoms with E-state index in [4.69, 9.17) is 4.74 Å². The third kappa shape index (κ3) is 3.80. The van der Waals surface area contributed by atoms with Gasteiger partial charge in [0.15, 0.2) is 0 Å². The van der Waals surface area contributed by atoms with Crippen LogP contribution >= 0.6 is 15.9 Å². The molecule has 19 heavy (non-hydrogen) atoms. The van der Waals surface area contributed by atoms with Gasteiger partial charge in [-0.3, -0.25) is 4.79 Å². The summed E-state index contributed by atoms with van der Waals surface area (Å²) in [5.74, 6) is -0.0189. The molecule has 1 aliphatic rings. The largest absolute Gasteiger partial charge is 0.375 e. The molecule has 1 N–H and O–H groups in total. The molecule has 104 valence electrons. The zero-order valence-electron chi connectivity index (χ0n) is 11.6. The van der Waals surface area contributed by atoms with Gasteiger partial charge in [0.25, 0.3) is 5.91 Å². The minimum Gasteiger partial charge on any atom is -0.375 e. The van der Waals surface area contributed by atoms with Gasteiger partial charge in [-0.25, -0.2) is 0 Å². The van der Waals surface area contributed by atoms with E-state index in [0.717, 1.165) is 22.9 Å². The average Bonchev–Trinajstić information content (AvgIpc) is 2.27. The van der Waals surface area contributed by atoms with E-state index in [-0.39, 0.29) is 17.6 Å². The highest BCUT2D eigenvalue weighted by molar-refractivity contribution is 9.10. The number of halogens is 1. The Labute approximate surface area is 122 Å². The second kappa shape index (κ2) is 5.63. The number of benzene rings is 1. The molecule has 1 fully saturated rings. The fourth-order valence-electron chi connectivity index (χ4n) is 2.42. The lowest BCUT2D eigenvalue weighted by atomic mass is 9.93. The van der Waals surface area contributed by atoms with Crippen molar-refractivity contribution < 1.29 is 9.53 Å². The van der Waals surface area contributed by atoms with Crippen molar-refractivity contribution in [2.24, 2.45) is 0 Å². The molecule has 2 rings (SSSR count). The van der Waals surface area contributed by atoms with Crippen LogP contribution in [0.2, 0.25) is 0 Å². The Morgan fingerprint density at radius 2 is 2.21 bits per heavy atom. The highest BCUT2D eigenvalue weighted by Gasteiger charge is 2.30. The predicted molar refractivity (Wildman–Crippen MR) is 79.4 cm³/mol. The lowest BCUT2D eigenvalue weighted by Crippen LogP contribution is -2.45. The van der Waals surface area contributed by atoms with Crippen LogP contribution in [0.5, 0.6) is 0 Å². The van der Waals surface area contributed by atoms with Gasteiger partial charge >= 0.3 is 0 Å². The highest BCUT2D eigenvalue weighted by atomic mass is 79.9. The summed E-state index contributed by atoms with van der Waals surface area (Å²) in [4.78, 5) is 12.3. The minimum atomic E-state index is -0.152. The van der Waals surface area contributed by atoms with Gasteiger partial charge in [0.05, 0.1) is 11.2 Å². The van der Waals surface area contributed by atoms with E-state index in [1.807, 2.05) is 25.1 Å². The Kier molecular flexibility index (Phi) is 4.31. The summed E-state index contributed by atoms with van der Waals surface area (Å²) in [5.41, 5.74) is 1.67. The van der Waals surface area contributed by atoms with Crippen LogP contribution < -0.4 is 5.32 Å². The molecule has 0 saturated carbocycles. The maximum absolute atomic E-state index is 12.3. The van der Waals surface area contributed by atoms with Gasteiger partial charge in [0.2, 0.25) is 0 Å². The maximum atomic E-state index is 12.3. The Morgan fingerprint density at radius 3 is 2.84 bits per heavy atom. The van der Waals surface area contributed by atoms with Crippen LogP contribution in [0, 0.1) is 6.92 Å². The monoisotopic (exact) mass is 325 g/mol. The third-order valence-corrected chi connectivity index (χ3v) is 4.06. The van der Waals surface area contributed by atoms with Gasteiger partial charge in [-0.2, -0.15) is 0 Å². The van der Waals surface area contributed by atoms with Crippen molar-refractivity contribution in [1.82, 2.24) is 5.32 Å². The number of ether oxygens (including phenoxy) is 1. The Bertz CT molecular complexity index is 485. The van der Waals surface area contributed by atoms with Crippen molar-refractivity contribution in [3.05, 3.63) is 33.8 Å². The van der Waals surface area contributed by atoms with Gasteiger partial charge < -0.3 is 10.1 Å². The van der Waals surface area contributed by atoms with E-state index in [2.05, 4.69) is 35.1 Å². The molecule has 1 amide bonds. The lowest BCUT2D eigenvalue weighted by molar-refractivity contribution is -0.0615. The molecule has 1 heterocycles. The van der Waals surface area contributed by atoms with Gasteiger partial charge in [0.1, 0.15) is 0 Å². The fourth-order valence-corrected chi connectivity index (χ4v) is 3.10. The van der Waals surface area contributed by atoms with E-state index >= 15 is 0 Å². The molecule has 1 unspecified atom stereocenters. The van der Waals surface area contributed by atoms with Crippen molar-refractivity contribution in [2.45, 2.75) is 45.3 Å². The summed E-state index contributed by atoms with van der Waals surface area (Å²) in [5, 5.41) is 3.10.